The van der Waals surface area contributed by atoms with Gasteiger partial charge >= 0.3 is 0 Å². The maximum atomic E-state index is 11.9. The molecule has 0 radical (unpaired) electrons. The quantitative estimate of drug-likeness (QED) is 0.587. The molecule has 1 aromatic rings. The second-order valence-corrected chi connectivity index (χ2v) is 4.16. The molecule has 2 aliphatic carbocycles. The van der Waals surface area contributed by atoms with Crippen LogP contribution in [-0.4, -0.2) is 0 Å². The van der Waals surface area contributed by atoms with Crippen molar-refractivity contribution in [2.45, 2.75) is 31.1 Å². The standard InChI is InChI=1S/C12H12O/c13-12-10-3-1-2-4-11(12)9-6-5-8(10)7-9/h1-4,8-9H,5-7H2. The van der Waals surface area contributed by atoms with Crippen LogP contribution in [0.3, 0.4) is 0 Å². The van der Waals surface area contributed by atoms with Gasteiger partial charge in [0.25, 0.3) is 0 Å². The Morgan fingerprint density at radius 1 is 1.00 bits per heavy atom. The third-order valence-electron chi connectivity index (χ3n) is 3.50. The van der Waals surface area contributed by atoms with Gasteiger partial charge in [0.1, 0.15) is 0 Å². The molecule has 2 atom stereocenters. The lowest BCUT2D eigenvalue weighted by atomic mass is 9.88. The Kier molecular flexibility index (Phi) is 1.37. The van der Waals surface area contributed by atoms with Gasteiger partial charge in [0, 0.05) is 11.1 Å². The lowest BCUT2D eigenvalue weighted by Crippen LogP contribution is -2.19. The molecule has 66 valence electrons. The van der Waals surface area contributed by atoms with Crippen LogP contribution < -0.4 is 5.43 Å². The third-order valence-corrected chi connectivity index (χ3v) is 3.50. The predicted molar refractivity (Wildman–Crippen MR) is 52.0 cm³/mol. The van der Waals surface area contributed by atoms with Crippen molar-refractivity contribution in [2.24, 2.45) is 0 Å². The molecule has 4 bridgehead atoms. The van der Waals surface area contributed by atoms with Gasteiger partial charge < -0.3 is 0 Å². The fourth-order valence-electron chi connectivity index (χ4n) is 2.83. The second kappa shape index (κ2) is 2.44. The van der Waals surface area contributed by atoms with Gasteiger partial charge in [-0.05, 0) is 31.1 Å². The summed E-state index contributed by atoms with van der Waals surface area (Å²) in [6.07, 6.45) is 3.64. The van der Waals surface area contributed by atoms with E-state index < -0.39 is 0 Å². The first-order valence-electron chi connectivity index (χ1n) is 4.99. The first-order valence-corrected chi connectivity index (χ1v) is 4.99. The smallest absolute Gasteiger partial charge is 0.185 e. The van der Waals surface area contributed by atoms with E-state index >= 15 is 0 Å². The van der Waals surface area contributed by atoms with Gasteiger partial charge in [-0.2, -0.15) is 0 Å². The summed E-state index contributed by atoms with van der Waals surface area (Å²) in [5.41, 5.74) is 2.45. The van der Waals surface area contributed by atoms with Crippen LogP contribution in [0.2, 0.25) is 0 Å². The van der Waals surface area contributed by atoms with Crippen LogP contribution in [0.4, 0.5) is 0 Å². The van der Waals surface area contributed by atoms with E-state index in [1.165, 1.54) is 19.3 Å². The largest absolute Gasteiger partial charge is 0.289 e. The second-order valence-electron chi connectivity index (χ2n) is 4.16. The van der Waals surface area contributed by atoms with E-state index in [-0.39, 0.29) is 0 Å². The minimum Gasteiger partial charge on any atom is -0.289 e. The number of hydrogen-bond acceptors (Lipinski definition) is 1. The summed E-state index contributed by atoms with van der Waals surface area (Å²) in [6.45, 7) is 0. The highest BCUT2D eigenvalue weighted by molar-refractivity contribution is 5.34. The molecular weight excluding hydrogens is 160 g/mol. The molecule has 1 saturated carbocycles. The molecule has 0 aromatic heterocycles. The highest BCUT2D eigenvalue weighted by atomic mass is 16.1. The summed E-state index contributed by atoms with van der Waals surface area (Å²) >= 11 is 0. The lowest BCUT2D eigenvalue weighted by Gasteiger charge is -2.15. The van der Waals surface area contributed by atoms with Crippen LogP contribution in [-0.2, 0) is 0 Å². The minimum atomic E-state index is 0.323. The van der Waals surface area contributed by atoms with E-state index in [0.717, 1.165) is 11.1 Å². The van der Waals surface area contributed by atoms with Crippen LogP contribution in [0.5, 0.6) is 0 Å². The zero-order valence-electron chi connectivity index (χ0n) is 7.49. The molecule has 1 fully saturated rings. The van der Waals surface area contributed by atoms with Crippen molar-refractivity contribution in [3.8, 4) is 0 Å². The summed E-state index contributed by atoms with van der Waals surface area (Å²) in [7, 11) is 0. The molecule has 1 aromatic carbocycles. The Morgan fingerprint density at radius 2 is 1.54 bits per heavy atom. The zero-order chi connectivity index (χ0) is 8.84. The molecule has 0 amide bonds. The highest BCUT2D eigenvalue weighted by Gasteiger charge is 2.34. The molecule has 0 N–H and O–H groups in total. The van der Waals surface area contributed by atoms with E-state index in [2.05, 4.69) is 0 Å². The van der Waals surface area contributed by atoms with Crippen LogP contribution in [0.1, 0.15) is 42.2 Å². The van der Waals surface area contributed by atoms with Crippen LogP contribution in [0.25, 0.3) is 0 Å². The Labute approximate surface area is 77.4 Å². The lowest BCUT2D eigenvalue weighted by molar-refractivity contribution is 0.653. The Hall–Kier alpha value is -1.11. The zero-order valence-corrected chi connectivity index (χ0v) is 7.49. The van der Waals surface area contributed by atoms with E-state index in [1.807, 2.05) is 24.3 Å². The van der Waals surface area contributed by atoms with Gasteiger partial charge in [-0.25, -0.2) is 0 Å². The van der Waals surface area contributed by atoms with Crippen molar-refractivity contribution in [2.75, 3.05) is 0 Å². The van der Waals surface area contributed by atoms with E-state index in [9.17, 15) is 4.79 Å². The average molecular weight is 172 g/mol. The number of fused-ring (bicyclic) bond motifs is 6. The average Bonchev–Trinajstić information content (AvgIpc) is 2.51. The van der Waals surface area contributed by atoms with Crippen LogP contribution >= 0.6 is 0 Å². The van der Waals surface area contributed by atoms with Crippen molar-refractivity contribution in [3.05, 3.63) is 45.6 Å². The summed E-state index contributed by atoms with van der Waals surface area (Å²) in [6, 6.07) is 8.03. The SMILES string of the molecule is O=c1c2ccccc1C1CCC2C1. The Balaban J connectivity index is 2.39. The first-order chi connectivity index (χ1) is 6.36. The summed E-state index contributed by atoms with van der Waals surface area (Å²) in [4.78, 5) is 11.9. The topological polar surface area (TPSA) is 17.1 Å². The normalized spacial score (nSPS) is 28.9. The van der Waals surface area contributed by atoms with Gasteiger partial charge in [-0.1, -0.05) is 24.3 Å². The van der Waals surface area contributed by atoms with Crippen molar-refractivity contribution < 1.29 is 0 Å². The van der Waals surface area contributed by atoms with Crippen molar-refractivity contribution >= 4 is 0 Å². The molecule has 2 aliphatic rings. The van der Waals surface area contributed by atoms with Crippen LogP contribution in [0, 0.1) is 0 Å². The Bertz CT molecular complexity index is 372. The van der Waals surface area contributed by atoms with E-state index in [0.29, 0.717) is 17.3 Å². The van der Waals surface area contributed by atoms with E-state index in [1.54, 1.807) is 0 Å². The fourth-order valence-corrected chi connectivity index (χ4v) is 2.83. The fraction of sp³-hybridized carbons (Fsp3) is 0.417. The van der Waals surface area contributed by atoms with Gasteiger partial charge in [0.05, 0.1) is 0 Å². The number of hydrogen-bond donors (Lipinski definition) is 0. The molecule has 0 heterocycles. The van der Waals surface area contributed by atoms with Crippen molar-refractivity contribution in [3.63, 3.8) is 0 Å². The van der Waals surface area contributed by atoms with Crippen molar-refractivity contribution in [1.82, 2.24) is 0 Å². The molecule has 0 aliphatic heterocycles. The molecule has 0 saturated heterocycles. The predicted octanol–water partition coefficient (Wildman–Crippen LogP) is 2.41. The molecule has 3 rings (SSSR count). The Morgan fingerprint density at radius 3 is 2.08 bits per heavy atom. The maximum absolute atomic E-state index is 11.9. The molecule has 1 nitrogen and oxygen atoms in total. The minimum absolute atomic E-state index is 0.323. The maximum Gasteiger partial charge on any atom is 0.185 e. The summed E-state index contributed by atoms with van der Waals surface area (Å²) < 4.78 is 0. The molecule has 1 heteroatoms. The molecule has 2 unspecified atom stereocenters. The van der Waals surface area contributed by atoms with Gasteiger partial charge in [0.15, 0.2) is 5.43 Å². The number of rotatable bonds is 0. The van der Waals surface area contributed by atoms with Gasteiger partial charge in [-0.15, -0.1) is 0 Å². The first kappa shape index (κ1) is 7.31. The molecule has 13 heavy (non-hydrogen) atoms. The monoisotopic (exact) mass is 172 g/mol. The van der Waals surface area contributed by atoms with Crippen LogP contribution in [0.15, 0.2) is 29.1 Å². The third kappa shape index (κ3) is 0.902. The van der Waals surface area contributed by atoms with E-state index in [4.69, 9.17) is 0 Å². The molecule has 0 spiro atoms. The molecular formula is C12H12O. The van der Waals surface area contributed by atoms with Crippen molar-refractivity contribution in [1.29, 1.82) is 0 Å². The summed E-state index contributed by atoms with van der Waals surface area (Å²) in [5, 5.41) is 0. The van der Waals surface area contributed by atoms with Gasteiger partial charge in [0.2, 0.25) is 0 Å². The summed E-state index contributed by atoms with van der Waals surface area (Å²) in [5.74, 6) is 1.13. The van der Waals surface area contributed by atoms with Gasteiger partial charge in [-0.3, -0.25) is 4.79 Å². The highest BCUT2D eigenvalue weighted by Crippen LogP contribution is 2.44.